The molecule has 2 rings (SSSR count). The van der Waals surface area contributed by atoms with Gasteiger partial charge < -0.3 is 0 Å². The Hall–Kier alpha value is -2.09. The summed E-state index contributed by atoms with van der Waals surface area (Å²) in [7, 11) is 0. The summed E-state index contributed by atoms with van der Waals surface area (Å²) in [6.45, 7) is 4.77. The SMILES string of the molecule is CCCCCCCCc1nnc(NC(=O)c2ccc(=O)n(CCCC)n2)s1. The van der Waals surface area contributed by atoms with Crippen LogP contribution in [0.25, 0.3) is 0 Å². The lowest BCUT2D eigenvalue weighted by molar-refractivity contribution is 0.101. The van der Waals surface area contributed by atoms with Crippen molar-refractivity contribution in [3.05, 3.63) is 33.2 Å². The Balaban J connectivity index is 1.85. The first kappa shape index (κ1) is 21.2. The van der Waals surface area contributed by atoms with Crippen molar-refractivity contribution in [1.29, 1.82) is 0 Å². The molecule has 0 atom stereocenters. The second kappa shape index (κ2) is 11.6. The molecule has 0 bridgehead atoms. The Morgan fingerprint density at radius 3 is 2.56 bits per heavy atom. The Bertz CT molecular complexity index is 771. The van der Waals surface area contributed by atoms with E-state index in [1.54, 1.807) is 0 Å². The molecule has 0 aliphatic heterocycles. The molecule has 0 aliphatic carbocycles. The highest BCUT2D eigenvalue weighted by Gasteiger charge is 2.13. The lowest BCUT2D eigenvalue weighted by Crippen LogP contribution is -2.26. The number of rotatable bonds is 12. The van der Waals surface area contributed by atoms with Crippen molar-refractivity contribution < 1.29 is 4.79 Å². The van der Waals surface area contributed by atoms with E-state index in [-0.39, 0.29) is 17.2 Å². The summed E-state index contributed by atoms with van der Waals surface area (Å²) >= 11 is 1.39. The molecule has 0 saturated heterocycles. The van der Waals surface area contributed by atoms with E-state index in [0.717, 1.165) is 30.7 Å². The third-order valence-corrected chi connectivity index (χ3v) is 5.15. The van der Waals surface area contributed by atoms with Crippen LogP contribution in [0.2, 0.25) is 0 Å². The minimum Gasteiger partial charge on any atom is -0.295 e. The van der Waals surface area contributed by atoms with E-state index in [4.69, 9.17) is 0 Å². The summed E-state index contributed by atoms with van der Waals surface area (Å²) in [5.41, 5.74) is 0.00974. The van der Waals surface area contributed by atoms with Crippen LogP contribution in [0.3, 0.4) is 0 Å². The van der Waals surface area contributed by atoms with Crippen LogP contribution in [0.4, 0.5) is 5.13 Å². The summed E-state index contributed by atoms with van der Waals surface area (Å²) in [6, 6.07) is 2.82. The summed E-state index contributed by atoms with van der Waals surface area (Å²) in [5, 5.41) is 16.5. The van der Waals surface area contributed by atoms with Gasteiger partial charge in [0.25, 0.3) is 11.5 Å². The van der Waals surface area contributed by atoms with Crippen LogP contribution < -0.4 is 10.9 Å². The molecule has 0 radical (unpaired) electrons. The van der Waals surface area contributed by atoms with E-state index in [2.05, 4.69) is 27.5 Å². The maximum Gasteiger partial charge on any atom is 0.277 e. The molecule has 7 nitrogen and oxygen atoms in total. The number of unbranched alkanes of at least 4 members (excludes halogenated alkanes) is 6. The molecule has 0 fully saturated rings. The largest absolute Gasteiger partial charge is 0.295 e. The van der Waals surface area contributed by atoms with Gasteiger partial charge in [0.05, 0.1) is 0 Å². The van der Waals surface area contributed by atoms with Crippen LogP contribution in [0.15, 0.2) is 16.9 Å². The molecule has 1 N–H and O–H groups in total. The van der Waals surface area contributed by atoms with Gasteiger partial charge in [-0.05, 0) is 18.9 Å². The number of carbonyl (C=O) groups is 1. The third kappa shape index (κ3) is 7.21. The molecule has 27 heavy (non-hydrogen) atoms. The first-order valence-electron chi connectivity index (χ1n) is 9.86. The Kier molecular flexibility index (Phi) is 9.10. The zero-order valence-corrected chi connectivity index (χ0v) is 17.1. The Labute approximate surface area is 164 Å². The van der Waals surface area contributed by atoms with Crippen molar-refractivity contribution in [2.75, 3.05) is 5.32 Å². The predicted molar refractivity (Wildman–Crippen MR) is 108 cm³/mol. The van der Waals surface area contributed by atoms with Gasteiger partial charge in [0.15, 0.2) is 0 Å². The maximum absolute atomic E-state index is 12.4. The third-order valence-electron chi connectivity index (χ3n) is 4.25. The fraction of sp³-hybridized carbons (Fsp3) is 0.632. The standard InChI is InChI=1S/C19H29N5O2S/c1-3-5-7-8-9-10-11-16-21-22-19(27-16)20-18(26)15-12-13-17(25)24(23-15)14-6-4-2/h12-13H,3-11,14H2,1-2H3,(H,20,22,26). The summed E-state index contributed by atoms with van der Waals surface area (Å²) in [6.07, 6.45) is 10.1. The molecule has 2 aromatic heterocycles. The van der Waals surface area contributed by atoms with Crippen LogP contribution in [0.1, 0.15) is 80.7 Å². The van der Waals surface area contributed by atoms with Gasteiger partial charge in [0, 0.05) is 19.0 Å². The van der Waals surface area contributed by atoms with Gasteiger partial charge in [-0.2, -0.15) is 5.10 Å². The topological polar surface area (TPSA) is 89.8 Å². The number of hydrogen-bond acceptors (Lipinski definition) is 6. The minimum absolute atomic E-state index is 0.197. The number of hydrogen-bond donors (Lipinski definition) is 1. The van der Waals surface area contributed by atoms with Crippen molar-refractivity contribution in [2.24, 2.45) is 0 Å². The van der Waals surface area contributed by atoms with Gasteiger partial charge in [0.1, 0.15) is 10.7 Å². The van der Waals surface area contributed by atoms with Crippen molar-refractivity contribution in [3.8, 4) is 0 Å². The number of aryl methyl sites for hydroxylation is 2. The maximum atomic E-state index is 12.4. The zero-order chi connectivity index (χ0) is 19.5. The summed E-state index contributed by atoms with van der Waals surface area (Å²) in [5.74, 6) is -0.373. The van der Waals surface area contributed by atoms with Gasteiger partial charge in [-0.15, -0.1) is 10.2 Å². The number of nitrogens with zero attached hydrogens (tertiary/aromatic N) is 4. The molecular weight excluding hydrogens is 362 g/mol. The molecular formula is C19H29N5O2S. The lowest BCUT2D eigenvalue weighted by atomic mass is 10.1. The number of amides is 1. The number of aromatic nitrogens is 4. The molecule has 2 aromatic rings. The molecule has 0 unspecified atom stereocenters. The van der Waals surface area contributed by atoms with E-state index in [1.807, 2.05) is 6.92 Å². The molecule has 2 heterocycles. The smallest absolute Gasteiger partial charge is 0.277 e. The number of nitrogens with one attached hydrogen (secondary N) is 1. The fourth-order valence-electron chi connectivity index (χ4n) is 2.66. The van der Waals surface area contributed by atoms with Crippen LogP contribution in [-0.2, 0) is 13.0 Å². The molecule has 8 heteroatoms. The normalized spacial score (nSPS) is 10.9. The van der Waals surface area contributed by atoms with Crippen molar-refractivity contribution in [1.82, 2.24) is 20.0 Å². The summed E-state index contributed by atoms with van der Waals surface area (Å²) < 4.78 is 1.34. The highest BCUT2D eigenvalue weighted by atomic mass is 32.1. The predicted octanol–water partition coefficient (Wildman–Crippen LogP) is 4.05. The molecule has 0 saturated carbocycles. The van der Waals surface area contributed by atoms with E-state index in [9.17, 15) is 9.59 Å². The second-order valence-corrected chi connectivity index (χ2v) is 7.67. The van der Waals surface area contributed by atoms with Gasteiger partial charge in [0.2, 0.25) is 5.13 Å². The van der Waals surface area contributed by atoms with Crippen molar-refractivity contribution in [2.45, 2.75) is 78.2 Å². The average molecular weight is 392 g/mol. The second-order valence-electron chi connectivity index (χ2n) is 6.61. The number of carbonyl (C=O) groups excluding carboxylic acids is 1. The molecule has 148 valence electrons. The zero-order valence-electron chi connectivity index (χ0n) is 16.2. The van der Waals surface area contributed by atoms with E-state index < -0.39 is 0 Å². The fourth-order valence-corrected chi connectivity index (χ4v) is 3.44. The van der Waals surface area contributed by atoms with Crippen LogP contribution in [-0.4, -0.2) is 25.9 Å². The minimum atomic E-state index is -0.373. The molecule has 0 aromatic carbocycles. The van der Waals surface area contributed by atoms with Gasteiger partial charge in [-0.1, -0.05) is 63.7 Å². The van der Waals surface area contributed by atoms with Crippen LogP contribution >= 0.6 is 11.3 Å². The Morgan fingerprint density at radius 1 is 1.04 bits per heavy atom. The quantitative estimate of drug-likeness (QED) is 0.551. The average Bonchev–Trinajstić information content (AvgIpc) is 3.11. The van der Waals surface area contributed by atoms with Crippen molar-refractivity contribution >= 4 is 22.4 Å². The molecule has 1 amide bonds. The van der Waals surface area contributed by atoms with Crippen LogP contribution in [0.5, 0.6) is 0 Å². The Morgan fingerprint density at radius 2 is 1.78 bits per heavy atom. The van der Waals surface area contributed by atoms with E-state index in [1.165, 1.54) is 60.3 Å². The van der Waals surface area contributed by atoms with Crippen molar-refractivity contribution in [3.63, 3.8) is 0 Å². The van der Waals surface area contributed by atoms with Crippen LogP contribution in [0, 0.1) is 0 Å². The monoisotopic (exact) mass is 391 g/mol. The van der Waals surface area contributed by atoms with Gasteiger partial charge >= 0.3 is 0 Å². The van der Waals surface area contributed by atoms with E-state index in [0.29, 0.717) is 11.7 Å². The highest BCUT2D eigenvalue weighted by Crippen LogP contribution is 2.18. The van der Waals surface area contributed by atoms with Gasteiger partial charge in [-0.3, -0.25) is 14.9 Å². The number of anilines is 1. The first-order chi connectivity index (χ1) is 13.1. The van der Waals surface area contributed by atoms with Gasteiger partial charge in [-0.25, -0.2) is 4.68 Å². The summed E-state index contributed by atoms with van der Waals surface area (Å²) in [4.78, 5) is 24.2. The van der Waals surface area contributed by atoms with E-state index >= 15 is 0 Å². The first-order valence-corrected chi connectivity index (χ1v) is 10.7. The molecule has 0 spiro atoms. The highest BCUT2D eigenvalue weighted by molar-refractivity contribution is 7.15. The molecule has 0 aliphatic rings. The lowest BCUT2D eigenvalue weighted by Gasteiger charge is -2.05.